The van der Waals surface area contributed by atoms with Crippen molar-refractivity contribution in [2.45, 2.75) is 37.9 Å². The number of anilines is 1. The second-order valence-corrected chi connectivity index (χ2v) is 8.91. The maximum atomic E-state index is 11.5. The highest BCUT2D eigenvalue weighted by atomic mass is 35.5. The molecule has 1 fully saturated rings. The van der Waals surface area contributed by atoms with E-state index in [9.17, 15) is 9.90 Å². The number of para-hydroxylation sites is 1. The van der Waals surface area contributed by atoms with Gasteiger partial charge in [-0.25, -0.2) is 0 Å². The van der Waals surface area contributed by atoms with Crippen molar-refractivity contribution in [2.75, 3.05) is 38.7 Å². The Kier molecular flexibility index (Phi) is 6.79. The number of carbonyl (C=O) groups is 1. The molecular weight excluding hydrogens is 432 g/mol. The van der Waals surface area contributed by atoms with Crippen LogP contribution in [-0.4, -0.2) is 61.0 Å². The third kappa shape index (κ3) is 5.11. The highest BCUT2D eigenvalue weighted by Gasteiger charge is 2.41. The van der Waals surface area contributed by atoms with Crippen LogP contribution in [0.1, 0.15) is 25.3 Å². The number of likely N-dealkylation sites (tertiary alicyclic amines) is 1. The summed E-state index contributed by atoms with van der Waals surface area (Å²) >= 11 is 6.16. The van der Waals surface area contributed by atoms with Crippen LogP contribution < -0.4 is 19.5 Å². The van der Waals surface area contributed by atoms with E-state index in [-0.39, 0.29) is 18.1 Å². The van der Waals surface area contributed by atoms with E-state index in [1.54, 1.807) is 12.1 Å². The summed E-state index contributed by atoms with van der Waals surface area (Å²) in [4.78, 5) is 13.7. The molecule has 8 heteroatoms. The lowest BCUT2D eigenvalue weighted by Gasteiger charge is -2.39. The summed E-state index contributed by atoms with van der Waals surface area (Å²) in [5, 5.41) is 13.6. The van der Waals surface area contributed by atoms with Gasteiger partial charge in [0.05, 0.1) is 17.8 Å². The number of aliphatic hydroxyl groups is 1. The minimum Gasteiger partial charge on any atom is -0.495 e. The van der Waals surface area contributed by atoms with Crippen molar-refractivity contribution in [3.63, 3.8) is 0 Å². The van der Waals surface area contributed by atoms with Gasteiger partial charge in [0.15, 0.2) is 0 Å². The predicted octanol–water partition coefficient (Wildman–Crippen LogP) is 3.52. The van der Waals surface area contributed by atoms with Crippen molar-refractivity contribution in [1.29, 1.82) is 0 Å². The molecule has 2 aliphatic heterocycles. The summed E-state index contributed by atoms with van der Waals surface area (Å²) in [6.45, 7) is 3.71. The van der Waals surface area contributed by atoms with Gasteiger partial charge in [-0.05, 0) is 17.7 Å². The number of hydrogen-bond donors (Lipinski definition) is 2. The molecule has 1 saturated heterocycles. The zero-order valence-electron chi connectivity index (χ0n) is 18.4. The van der Waals surface area contributed by atoms with E-state index in [0.717, 1.165) is 38.1 Å². The molecule has 2 heterocycles. The number of benzene rings is 2. The Morgan fingerprint density at radius 3 is 2.72 bits per heavy atom. The lowest BCUT2D eigenvalue weighted by atomic mass is 9.87. The van der Waals surface area contributed by atoms with Crippen molar-refractivity contribution in [3.8, 4) is 17.2 Å². The van der Waals surface area contributed by atoms with Gasteiger partial charge in [0, 0.05) is 51.9 Å². The van der Waals surface area contributed by atoms with Crippen molar-refractivity contribution in [2.24, 2.45) is 0 Å². The highest BCUT2D eigenvalue weighted by molar-refractivity contribution is 6.32. The molecule has 1 amide bonds. The van der Waals surface area contributed by atoms with Gasteiger partial charge in [-0.15, -0.1) is 0 Å². The Morgan fingerprint density at radius 1 is 1.28 bits per heavy atom. The SMILES string of the molecule is COc1cc(OC[C@@H](O)CN2CCC3(CC2)Cc2ccccc2O3)c(NC(C)=O)cc1Cl. The molecule has 0 radical (unpaired) electrons. The number of nitrogens with one attached hydrogen (secondary N) is 1. The molecule has 0 bridgehead atoms. The average Bonchev–Trinajstić information content (AvgIpc) is 3.12. The molecule has 2 aromatic rings. The Labute approximate surface area is 193 Å². The molecule has 1 atom stereocenters. The van der Waals surface area contributed by atoms with Gasteiger partial charge >= 0.3 is 0 Å². The van der Waals surface area contributed by atoms with Crippen LogP contribution in [0.2, 0.25) is 5.02 Å². The molecule has 32 heavy (non-hydrogen) atoms. The normalized spacial score (nSPS) is 18.0. The number of hydrogen-bond acceptors (Lipinski definition) is 6. The molecule has 2 aromatic carbocycles. The summed E-state index contributed by atoms with van der Waals surface area (Å²) < 4.78 is 17.4. The van der Waals surface area contributed by atoms with Crippen LogP contribution >= 0.6 is 11.6 Å². The Balaban J connectivity index is 1.30. The summed E-state index contributed by atoms with van der Waals surface area (Å²) in [6, 6.07) is 11.4. The smallest absolute Gasteiger partial charge is 0.221 e. The summed E-state index contributed by atoms with van der Waals surface area (Å²) in [5.41, 5.74) is 1.60. The van der Waals surface area contributed by atoms with E-state index in [2.05, 4.69) is 22.3 Å². The number of carbonyl (C=O) groups excluding carboxylic acids is 1. The zero-order chi connectivity index (χ0) is 22.7. The Bertz CT molecular complexity index is 948. The van der Waals surface area contributed by atoms with E-state index in [1.807, 2.05) is 12.1 Å². The molecule has 2 aliphatic rings. The fraction of sp³-hybridized carbons (Fsp3) is 0.458. The van der Waals surface area contributed by atoms with Crippen LogP contribution in [0.25, 0.3) is 0 Å². The molecule has 172 valence electrons. The van der Waals surface area contributed by atoms with Gasteiger partial charge < -0.3 is 29.5 Å². The first kappa shape index (κ1) is 22.7. The molecule has 1 spiro atoms. The average molecular weight is 461 g/mol. The Morgan fingerprint density at radius 2 is 2.03 bits per heavy atom. The van der Waals surface area contributed by atoms with Crippen molar-refractivity contribution in [3.05, 3.63) is 47.0 Å². The lowest BCUT2D eigenvalue weighted by molar-refractivity contribution is -0.114. The van der Waals surface area contributed by atoms with Crippen LogP contribution in [0.4, 0.5) is 5.69 Å². The van der Waals surface area contributed by atoms with E-state index in [4.69, 9.17) is 25.8 Å². The number of fused-ring (bicyclic) bond motifs is 1. The number of ether oxygens (including phenoxy) is 3. The zero-order valence-corrected chi connectivity index (χ0v) is 19.2. The number of methoxy groups -OCH3 is 1. The monoisotopic (exact) mass is 460 g/mol. The first-order valence-electron chi connectivity index (χ1n) is 10.8. The van der Waals surface area contributed by atoms with Gasteiger partial charge in [0.2, 0.25) is 5.91 Å². The van der Waals surface area contributed by atoms with Gasteiger partial charge in [-0.2, -0.15) is 0 Å². The quantitative estimate of drug-likeness (QED) is 0.658. The van der Waals surface area contributed by atoms with Gasteiger partial charge in [0.1, 0.15) is 35.6 Å². The topological polar surface area (TPSA) is 80.3 Å². The van der Waals surface area contributed by atoms with Gasteiger partial charge in [-0.3, -0.25) is 4.79 Å². The fourth-order valence-corrected chi connectivity index (χ4v) is 4.66. The fourth-order valence-electron chi connectivity index (χ4n) is 4.42. The standard InChI is InChI=1S/C24H29ClN2O5/c1-16(28)26-20-11-19(25)22(30-2)12-23(20)31-15-18(29)14-27-9-7-24(8-10-27)13-17-5-3-4-6-21(17)32-24/h3-6,11-12,18,29H,7-10,13-15H2,1-2H3,(H,26,28)/t18-/m0/s1. The third-order valence-corrected chi connectivity index (χ3v) is 6.34. The van der Waals surface area contributed by atoms with E-state index in [0.29, 0.717) is 28.8 Å². The lowest BCUT2D eigenvalue weighted by Crippen LogP contribution is -2.49. The number of halogens is 1. The van der Waals surface area contributed by atoms with Crippen molar-refractivity contribution < 1.29 is 24.1 Å². The molecule has 0 aliphatic carbocycles. The molecule has 7 nitrogen and oxygen atoms in total. The van der Waals surface area contributed by atoms with E-state index in [1.165, 1.54) is 19.6 Å². The number of β-amino-alcohol motifs (C(OH)–C–C–N with tert-alkyl or cyclic N) is 1. The number of amides is 1. The summed E-state index contributed by atoms with van der Waals surface area (Å²) in [5.74, 6) is 1.59. The van der Waals surface area contributed by atoms with Crippen molar-refractivity contribution in [1.82, 2.24) is 4.90 Å². The molecule has 2 N–H and O–H groups in total. The number of rotatable bonds is 7. The summed E-state index contributed by atoms with van der Waals surface area (Å²) in [6.07, 6.45) is 2.12. The first-order chi connectivity index (χ1) is 15.4. The minimum absolute atomic E-state index is 0.0843. The third-order valence-electron chi connectivity index (χ3n) is 6.04. The van der Waals surface area contributed by atoms with E-state index < -0.39 is 6.10 Å². The van der Waals surface area contributed by atoms with Crippen LogP contribution in [0.3, 0.4) is 0 Å². The number of aliphatic hydroxyl groups excluding tert-OH is 1. The molecule has 0 saturated carbocycles. The highest BCUT2D eigenvalue weighted by Crippen LogP contribution is 2.41. The Hall–Kier alpha value is -2.48. The molecule has 0 unspecified atom stereocenters. The first-order valence-corrected chi connectivity index (χ1v) is 11.2. The van der Waals surface area contributed by atoms with Crippen LogP contribution in [0.5, 0.6) is 17.2 Å². The van der Waals surface area contributed by atoms with Gasteiger partial charge in [-0.1, -0.05) is 29.8 Å². The molecular formula is C24H29ClN2O5. The van der Waals surface area contributed by atoms with Crippen LogP contribution in [0.15, 0.2) is 36.4 Å². The number of nitrogens with zero attached hydrogens (tertiary/aromatic N) is 1. The molecule has 0 aromatic heterocycles. The van der Waals surface area contributed by atoms with Crippen LogP contribution in [0, 0.1) is 0 Å². The maximum absolute atomic E-state index is 11.5. The van der Waals surface area contributed by atoms with Crippen molar-refractivity contribution >= 4 is 23.2 Å². The molecule has 4 rings (SSSR count). The van der Waals surface area contributed by atoms with Crippen LogP contribution in [-0.2, 0) is 11.2 Å². The maximum Gasteiger partial charge on any atom is 0.221 e. The minimum atomic E-state index is -0.683. The van der Waals surface area contributed by atoms with E-state index >= 15 is 0 Å². The second-order valence-electron chi connectivity index (χ2n) is 8.50. The largest absolute Gasteiger partial charge is 0.495 e. The number of piperidine rings is 1. The second kappa shape index (κ2) is 9.57. The predicted molar refractivity (Wildman–Crippen MR) is 123 cm³/mol. The van der Waals surface area contributed by atoms with Gasteiger partial charge in [0.25, 0.3) is 0 Å². The summed E-state index contributed by atoms with van der Waals surface area (Å²) in [7, 11) is 1.51.